The second kappa shape index (κ2) is 9.48. The predicted octanol–water partition coefficient (Wildman–Crippen LogP) is 5.55. The molecule has 3 aromatic rings. The Labute approximate surface area is 217 Å². The van der Waals surface area contributed by atoms with Crippen molar-refractivity contribution in [3.8, 4) is 23.6 Å². The number of rotatable bonds is 6. The van der Waals surface area contributed by atoms with E-state index in [1.165, 1.54) is 7.11 Å². The highest BCUT2D eigenvalue weighted by atomic mass is 16.5. The van der Waals surface area contributed by atoms with Gasteiger partial charge in [-0.05, 0) is 41.3 Å². The van der Waals surface area contributed by atoms with Gasteiger partial charge in [0.2, 0.25) is 0 Å². The van der Waals surface area contributed by atoms with E-state index in [4.69, 9.17) is 9.47 Å². The molecule has 0 aromatic heterocycles. The molecule has 2 aliphatic rings. The van der Waals surface area contributed by atoms with Crippen molar-refractivity contribution >= 4 is 17.5 Å². The summed E-state index contributed by atoms with van der Waals surface area (Å²) in [6.45, 7) is 2.07. The van der Waals surface area contributed by atoms with E-state index in [1.54, 1.807) is 19.2 Å². The molecule has 184 valence electrons. The number of anilines is 1. The first-order valence-electron chi connectivity index (χ1n) is 12.3. The Morgan fingerprint density at radius 2 is 1.68 bits per heavy atom. The smallest absolute Gasteiger partial charge is 0.185 e. The van der Waals surface area contributed by atoms with Crippen LogP contribution in [0.5, 0.6) is 11.5 Å². The van der Waals surface area contributed by atoms with E-state index in [2.05, 4.69) is 19.1 Å². The normalized spacial score (nSPS) is 20.8. The standard InChI is InChI=1S/C31H27N3O3/c1-4-20-9-11-22(12-10-20)30(35)29-28(23-13-15-25(36-2)26(17-23)37-3)31(18-32,19-33)27-16-14-21-7-5-6-8-24(21)34(27)29/h5-17,27-29H,4H2,1-3H3/t27-,28+,29+/m1/s1. The number of fused-ring (bicyclic) bond motifs is 3. The van der Waals surface area contributed by atoms with Crippen molar-refractivity contribution in [1.29, 1.82) is 10.5 Å². The van der Waals surface area contributed by atoms with Gasteiger partial charge in [0.15, 0.2) is 22.7 Å². The van der Waals surface area contributed by atoms with Gasteiger partial charge in [0, 0.05) is 17.2 Å². The van der Waals surface area contributed by atoms with E-state index in [-0.39, 0.29) is 5.78 Å². The third-order valence-electron chi connectivity index (χ3n) is 7.60. The highest BCUT2D eigenvalue weighted by Gasteiger charge is 2.63. The zero-order valence-electron chi connectivity index (χ0n) is 21.0. The third kappa shape index (κ3) is 3.65. The average molecular weight is 490 g/mol. The van der Waals surface area contributed by atoms with Crippen LogP contribution in [0.4, 0.5) is 5.69 Å². The number of benzene rings is 3. The second-order valence-electron chi connectivity index (χ2n) is 9.31. The summed E-state index contributed by atoms with van der Waals surface area (Å²) in [5.74, 6) is 0.125. The lowest BCUT2D eigenvalue weighted by molar-refractivity contribution is 0.0951. The molecule has 0 saturated carbocycles. The number of aryl methyl sites for hydroxylation is 1. The summed E-state index contributed by atoms with van der Waals surface area (Å²) < 4.78 is 11.0. The molecule has 2 aliphatic heterocycles. The van der Waals surface area contributed by atoms with Gasteiger partial charge >= 0.3 is 0 Å². The lowest BCUT2D eigenvalue weighted by Gasteiger charge is -2.35. The van der Waals surface area contributed by atoms with Crippen molar-refractivity contribution in [2.24, 2.45) is 5.41 Å². The van der Waals surface area contributed by atoms with E-state index in [0.717, 1.165) is 23.2 Å². The summed E-state index contributed by atoms with van der Waals surface area (Å²) in [4.78, 5) is 16.3. The molecule has 6 heteroatoms. The highest BCUT2D eigenvalue weighted by molar-refractivity contribution is 6.04. The van der Waals surface area contributed by atoms with E-state index >= 15 is 0 Å². The van der Waals surface area contributed by atoms with Gasteiger partial charge in [-0.25, -0.2) is 0 Å². The fourth-order valence-corrected chi connectivity index (χ4v) is 5.73. The minimum Gasteiger partial charge on any atom is -0.493 e. The van der Waals surface area contributed by atoms with Crippen LogP contribution in [0.1, 0.15) is 39.9 Å². The average Bonchev–Trinajstić information content (AvgIpc) is 3.27. The maximum atomic E-state index is 14.4. The number of methoxy groups -OCH3 is 2. The van der Waals surface area contributed by atoms with E-state index in [9.17, 15) is 15.3 Å². The van der Waals surface area contributed by atoms with Crippen LogP contribution in [0.2, 0.25) is 0 Å². The Bertz CT molecular complexity index is 1450. The van der Waals surface area contributed by atoms with Gasteiger partial charge in [0.25, 0.3) is 0 Å². The summed E-state index contributed by atoms with van der Waals surface area (Å²) in [6.07, 6.45) is 4.69. The van der Waals surface area contributed by atoms with Crippen LogP contribution < -0.4 is 14.4 Å². The van der Waals surface area contributed by atoms with Gasteiger partial charge in [0.05, 0.1) is 32.4 Å². The summed E-state index contributed by atoms with van der Waals surface area (Å²) in [6, 6.07) is 24.0. The predicted molar refractivity (Wildman–Crippen MR) is 142 cm³/mol. The molecule has 0 bridgehead atoms. The van der Waals surface area contributed by atoms with Gasteiger partial charge in [-0.1, -0.05) is 67.6 Å². The first-order valence-corrected chi connectivity index (χ1v) is 12.3. The largest absolute Gasteiger partial charge is 0.493 e. The summed E-state index contributed by atoms with van der Waals surface area (Å²) >= 11 is 0. The second-order valence-corrected chi connectivity index (χ2v) is 9.31. The molecule has 5 rings (SSSR count). The zero-order valence-corrected chi connectivity index (χ0v) is 21.0. The molecule has 0 aliphatic carbocycles. The molecular weight excluding hydrogens is 462 g/mol. The number of nitrogens with zero attached hydrogens (tertiary/aromatic N) is 3. The van der Waals surface area contributed by atoms with Gasteiger partial charge < -0.3 is 14.4 Å². The van der Waals surface area contributed by atoms with Gasteiger partial charge in [-0.15, -0.1) is 0 Å². The van der Waals surface area contributed by atoms with Crippen molar-refractivity contribution in [3.63, 3.8) is 0 Å². The number of carbonyl (C=O) groups excluding carboxylic acids is 1. The van der Waals surface area contributed by atoms with Crippen LogP contribution in [0.15, 0.2) is 72.8 Å². The topological polar surface area (TPSA) is 86.3 Å². The molecule has 0 radical (unpaired) electrons. The quantitative estimate of drug-likeness (QED) is 0.422. The van der Waals surface area contributed by atoms with Crippen molar-refractivity contribution < 1.29 is 14.3 Å². The Morgan fingerprint density at radius 1 is 0.973 bits per heavy atom. The van der Waals surface area contributed by atoms with Gasteiger partial charge in [-0.2, -0.15) is 10.5 Å². The summed E-state index contributed by atoms with van der Waals surface area (Å²) in [5.41, 5.74) is 2.60. The molecule has 37 heavy (non-hydrogen) atoms. The van der Waals surface area contributed by atoms with Crippen LogP contribution in [-0.2, 0) is 6.42 Å². The van der Waals surface area contributed by atoms with Gasteiger partial charge in [0.1, 0.15) is 6.04 Å². The Kier molecular flexibility index (Phi) is 6.19. The van der Waals surface area contributed by atoms with Gasteiger partial charge in [-0.3, -0.25) is 4.79 Å². The molecule has 2 heterocycles. The number of hydrogen-bond acceptors (Lipinski definition) is 6. The molecule has 3 aromatic carbocycles. The summed E-state index contributed by atoms with van der Waals surface area (Å²) in [7, 11) is 3.09. The monoisotopic (exact) mass is 489 g/mol. The number of para-hydroxylation sites is 1. The zero-order chi connectivity index (χ0) is 26.2. The number of ether oxygens (including phenoxy) is 2. The van der Waals surface area contributed by atoms with Crippen molar-refractivity contribution in [1.82, 2.24) is 0 Å². The van der Waals surface area contributed by atoms with Crippen LogP contribution in [0, 0.1) is 28.1 Å². The Morgan fingerprint density at radius 3 is 2.32 bits per heavy atom. The molecular formula is C31H27N3O3. The molecule has 0 amide bonds. The Balaban J connectivity index is 1.76. The van der Waals surface area contributed by atoms with Crippen LogP contribution in [-0.4, -0.2) is 32.1 Å². The lowest BCUT2D eigenvalue weighted by atomic mass is 9.69. The molecule has 1 fully saturated rings. The van der Waals surface area contributed by atoms with E-state index < -0.39 is 23.4 Å². The fraction of sp³-hybridized carbons (Fsp3) is 0.258. The number of hydrogen-bond donors (Lipinski definition) is 0. The van der Waals surface area contributed by atoms with Crippen LogP contribution in [0.3, 0.4) is 0 Å². The lowest BCUT2D eigenvalue weighted by Crippen LogP contribution is -2.44. The van der Waals surface area contributed by atoms with Crippen molar-refractivity contribution in [2.45, 2.75) is 31.3 Å². The molecule has 3 atom stereocenters. The summed E-state index contributed by atoms with van der Waals surface area (Å²) in [5, 5.41) is 21.2. The van der Waals surface area contributed by atoms with E-state index in [1.807, 2.05) is 71.6 Å². The number of Topliss-reactive ketones (excluding diaryl/α,β-unsaturated/α-hetero) is 1. The van der Waals surface area contributed by atoms with Crippen molar-refractivity contribution in [2.75, 3.05) is 19.1 Å². The molecule has 0 unspecified atom stereocenters. The Hall–Kier alpha value is -4.55. The number of ketones is 1. The third-order valence-corrected chi connectivity index (χ3v) is 7.60. The number of carbonyl (C=O) groups is 1. The first-order chi connectivity index (χ1) is 18.0. The minimum atomic E-state index is -1.52. The maximum absolute atomic E-state index is 14.4. The van der Waals surface area contributed by atoms with E-state index in [0.29, 0.717) is 22.6 Å². The van der Waals surface area contributed by atoms with Crippen LogP contribution >= 0.6 is 0 Å². The molecule has 6 nitrogen and oxygen atoms in total. The SMILES string of the molecule is CCc1ccc(C(=O)[C@@H]2[C@H](c3ccc(OC)c(OC)c3)C(C#N)(C#N)[C@H]3C=Cc4ccccc4N23)cc1. The minimum absolute atomic E-state index is 0.134. The maximum Gasteiger partial charge on any atom is 0.185 e. The van der Waals surface area contributed by atoms with Crippen molar-refractivity contribution in [3.05, 3.63) is 95.1 Å². The fourth-order valence-electron chi connectivity index (χ4n) is 5.73. The number of nitriles is 2. The first kappa shape index (κ1) is 24.2. The molecule has 0 N–H and O–H groups in total. The highest BCUT2D eigenvalue weighted by Crippen LogP contribution is 2.56. The van der Waals surface area contributed by atoms with Crippen LogP contribution in [0.25, 0.3) is 6.08 Å². The molecule has 0 spiro atoms. The molecule has 1 saturated heterocycles.